The molecule has 4 aromatic heterocycles. The Balaban J connectivity index is 1.51. The van der Waals surface area contributed by atoms with E-state index >= 15 is 4.39 Å². The Morgan fingerprint density at radius 3 is 2.60 bits per heavy atom. The van der Waals surface area contributed by atoms with Crippen LogP contribution in [-0.4, -0.2) is 73.2 Å². The summed E-state index contributed by atoms with van der Waals surface area (Å²) in [7, 11) is 5.20. The highest BCUT2D eigenvalue weighted by molar-refractivity contribution is 7.18. The van der Waals surface area contributed by atoms with Gasteiger partial charge in [-0.15, -0.1) is 11.3 Å². The van der Waals surface area contributed by atoms with E-state index in [9.17, 15) is 14.0 Å². The summed E-state index contributed by atoms with van der Waals surface area (Å²) >= 11 is 8.62. The van der Waals surface area contributed by atoms with Crippen LogP contribution in [-0.2, 0) is 16.6 Å². The molecule has 0 fully saturated rings. The standard InChI is InChI=1S/C38H36ClF2N7O3S/c1-8-29(49)47-18-19(2)48-37(20(47)3)33(39)36(44-48)35-32(31-25(41)16-23(40)17-28(31)51-13-11-30(50)45(5)6)38-24(12-14-52-38)34(43-35)22-9-10-27-26(15-22)42-21(4)46(27)7/h8-10,12,14-17,19-20H,1,11,13,18H2,2-7H3/t19-,20+/m0/s1. The van der Waals surface area contributed by atoms with Gasteiger partial charge in [-0.1, -0.05) is 24.2 Å². The number of pyridine rings is 1. The van der Waals surface area contributed by atoms with E-state index in [0.29, 0.717) is 28.2 Å². The third-order valence-corrected chi connectivity index (χ3v) is 10.9. The molecule has 0 saturated heterocycles. The van der Waals surface area contributed by atoms with Crippen LogP contribution >= 0.6 is 22.9 Å². The minimum absolute atomic E-state index is 0.00615. The number of carbonyl (C=O) groups excluding carboxylic acids is 2. The lowest BCUT2D eigenvalue weighted by atomic mass is 9.96. The molecule has 10 nitrogen and oxygen atoms in total. The third kappa shape index (κ3) is 5.81. The molecule has 0 spiro atoms. The van der Waals surface area contributed by atoms with E-state index in [1.54, 1.807) is 23.7 Å². The van der Waals surface area contributed by atoms with E-state index in [0.717, 1.165) is 39.9 Å². The fourth-order valence-electron chi connectivity index (χ4n) is 6.85. The number of amides is 2. The molecule has 1 aliphatic rings. The van der Waals surface area contributed by atoms with Crippen LogP contribution in [0, 0.1) is 18.6 Å². The summed E-state index contributed by atoms with van der Waals surface area (Å²) in [6.45, 7) is 9.64. The van der Waals surface area contributed by atoms with Crippen molar-refractivity contribution in [3.05, 3.63) is 82.6 Å². The van der Waals surface area contributed by atoms with E-state index in [-0.39, 0.29) is 58.6 Å². The quantitative estimate of drug-likeness (QED) is 0.146. The van der Waals surface area contributed by atoms with Crippen LogP contribution in [0.5, 0.6) is 5.75 Å². The number of aromatic nitrogens is 5. The highest BCUT2D eigenvalue weighted by Crippen LogP contribution is 2.50. The Bertz CT molecular complexity index is 2430. The first kappa shape index (κ1) is 35.3. The molecular weight excluding hydrogens is 708 g/mol. The second-order valence-corrected chi connectivity index (χ2v) is 14.4. The van der Waals surface area contributed by atoms with E-state index in [4.69, 9.17) is 31.4 Å². The number of rotatable bonds is 8. The minimum atomic E-state index is -0.880. The van der Waals surface area contributed by atoms with Gasteiger partial charge in [-0.25, -0.2) is 18.7 Å². The lowest BCUT2D eigenvalue weighted by Gasteiger charge is -2.37. The molecule has 0 bridgehead atoms. The minimum Gasteiger partial charge on any atom is -0.492 e. The van der Waals surface area contributed by atoms with Gasteiger partial charge in [-0.05, 0) is 50.4 Å². The van der Waals surface area contributed by atoms with Gasteiger partial charge in [0.05, 0.1) is 58.1 Å². The number of imidazole rings is 1. The van der Waals surface area contributed by atoms with Gasteiger partial charge in [0.15, 0.2) is 0 Å². The molecule has 0 unspecified atom stereocenters. The van der Waals surface area contributed by atoms with Gasteiger partial charge >= 0.3 is 0 Å². The molecule has 6 aromatic rings. The third-order valence-electron chi connectivity index (χ3n) is 9.64. The molecule has 0 saturated carbocycles. The Labute approximate surface area is 307 Å². The molecule has 2 amide bonds. The lowest BCUT2D eigenvalue weighted by Crippen LogP contribution is -2.42. The summed E-state index contributed by atoms with van der Waals surface area (Å²) in [6, 6.07) is 8.99. The second kappa shape index (κ2) is 13.4. The van der Waals surface area contributed by atoms with Crippen molar-refractivity contribution >= 4 is 55.9 Å². The summed E-state index contributed by atoms with van der Waals surface area (Å²) in [5.41, 5.74) is 4.47. The Morgan fingerprint density at radius 1 is 1.10 bits per heavy atom. The van der Waals surface area contributed by atoms with E-state index in [1.807, 2.05) is 62.0 Å². The number of hydrogen-bond donors (Lipinski definition) is 0. The number of carbonyl (C=O) groups is 2. The number of nitrogens with zero attached hydrogens (tertiary/aromatic N) is 7. The number of hydrogen-bond acceptors (Lipinski definition) is 7. The van der Waals surface area contributed by atoms with E-state index in [1.165, 1.54) is 22.3 Å². The van der Waals surface area contributed by atoms with Crippen molar-refractivity contribution in [3.63, 3.8) is 0 Å². The summed E-state index contributed by atoms with van der Waals surface area (Å²) in [6.07, 6.45) is 1.26. The summed E-state index contributed by atoms with van der Waals surface area (Å²) < 4.78 is 41.7. The number of ether oxygens (including phenoxy) is 1. The molecule has 0 aliphatic carbocycles. The van der Waals surface area contributed by atoms with E-state index in [2.05, 4.69) is 6.58 Å². The zero-order valence-electron chi connectivity index (χ0n) is 29.5. The van der Waals surface area contributed by atoms with Gasteiger partial charge in [0, 0.05) is 61.0 Å². The van der Waals surface area contributed by atoms with Crippen molar-refractivity contribution < 1.29 is 23.1 Å². The summed E-state index contributed by atoms with van der Waals surface area (Å²) in [5.74, 6) is -1.40. The van der Waals surface area contributed by atoms with Crippen LogP contribution < -0.4 is 4.74 Å². The Morgan fingerprint density at radius 2 is 1.87 bits per heavy atom. The number of aryl methyl sites for hydroxylation is 2. The number of fused-ring (bicyclic) bond motifs is 3. The van der Waals surface area contributed by atoms with Crippen molar-refractivity contribution in [2.24, 2.45) is 7.05 Å². The van der Waals surface area contributed by atoms with Crippen LogP contribution in [0.2, 0.25) is 5.02 Å². The summed E-state index contributed by atoms with van der Waals surface area (Å²) in [4.78, 5) is 38.3. The first-order valence-electron chi connectivity index (χ1n) is 16.7. The average molecular weight is 744 g/mol. The maximum Gasteiger partial charge on any atom is 0.246 e. The summed E-state index contributed by atoms with van der Waals surface area (Å²) in [5, 5.41) is 7.84. The van der Waals surface area contributed by atoms with Gasteiger partial charge in [-0.3, -0.25) is 14.3 Å². The van der Waals surface area contributed by atoms with Crippen molar-refractivity contribution in [3.8, 4) is 39.5 Å². The predicted molar refractivity (Wildman–Crippen MR) is 199 cm³/mol. The van der Waals surface area contributed by atoms with Crippen LogP contribution in [0.4, 0.5) is 8.78 Å². The molecule has 0 N–H and O–H groups in total. The predicted octanol–water partition coefficient (Wildman–Crippen LogP) is 8.13. The van der Waals surface area contributed by atoms with Crippen LogP contribution in [0.3, 0.4) is 0 Å². The molecule has 1 aliphatic heterocycles. The molecule has 7 rings (SSSR count). The molecule has 52 heavy (non-hydrogen) atoms. The highest BCUT2D eigenvalue weighted by Gasteiger charge is 2.37. The van der Waals surface area contributed by atoms with Crippen molar-refractivity contribution in [1.82, 2.24) is 34.1 Å². The van der Waals surface area contributed by atoms with Crippen LogP contribution in [0.15, 0.2) is 54.4 Å². The zero-order valence-corrected chi connectivity index (χ0v) is 31.1. The zero-order chi connectivity index (χ0) is 37.2. The van der Waals surface area contributed by atoms with Gasteiger partial charge < -0.3 is 19.1 Å². The molecule has 0 radical (unpaired) electrons. The van der Waals surface area contributed by atoms with Gasteiger partial charge in [0.25, 0.3) is 0 Å². The smallest absolute Gasteiger partial charge is 0.246 e. The van der Waals surface area contributed by atoms with E-state index < -0.39 is 17.7 Å². The van der Waals surface area contributed by atoms with Crippen LogP contribution in [0.1, 0.15) is 43.9 Å². The average Bonchev–Trinajstić information content (AvgIpc) is 3.81. The first-order chi connectivity index (χ1) is 24.8. The number of halogens is 3. The number of benzene rings is 2. The molecule has 2 aromatic carbocycles. The molecular formula is C38H36ClF2N7O3S. The van der Waals surface area contributed by atoms with Crippen molar-refractivity contribution in [2.45, 2.75) is 39.3 Å². The first-order valence-corrected chi connectivity index (χ1v) is 17.9. The molecule has 14 heteroatoms. The SMILES string of the molecule is C=CC(=O)N1C[C@H](C)n2nc(-c3nc(-c4ccc5c(c4)nc(C)n5C)c4ccsc4c3-c3c(F)cc(F)cc3OCCC(=O)N(C)C)c(Cl)c2[C@H]1C. The van der Waals surface area contributed by atoms with Crippen LogP contribution in [0.25, 0.3) is 54.9 Å². The van der Waals surface area contributed by atoms with Gasteiger partial charge in [-0.2, -0.15) is 5.10 Å². The largest absolute Gasteiger partial charge is 0.492 e. The maximum absolute atomic E-state index is 16.4. The molecule has 2 atom stereocenters. The molecule has 5 heterocycles. The highest BCUT2D eigenvalue weighted by atomic mass is 35.5. The normalized spacial score (nSPS) is 15.7. The van der Waals surface area contributed by atoms with Gasteiger partial charge in [0.1, 0.15) is 34.6 Å². The fourth-order valence-corrected chi connectivity index (χ4v) is 8.17. The fraction of sp³-hybridized carbons (Fsp3) is 0.289. The maximum atomic E-state index is 16.4. The lowest BCUT2D eigenvalue weighted by molar-refractivity contribution is -0.130. The Kier molecular flexibility index (Phi) is 9.12. The van der Waals surface area contributed by atoms with Gasteiger partial charge in [0.2, 0.25) is 11.8 Å². The molecule has 268 valence electrons. The Hall–Kier alpha value is -5.14. The topological polar surface area (TPSA) is 98.4 Å². The number of thiophene rings is 1. The second-order valence-electron chi connectivity index (χ2n) is 13.1. The van der Waals surface area contributed by atoms with Crippen molar-refractivity contribution in [1.29, 1.82) is 0 Å². The van der Waals surface area contributed by atoms with Crippen molar-refractivity contribution in [2.75, 3.05) is 27.2 Å². The monoisotopic (exact) mass is 743 g/mol.